The van der Waals surface area contributed by atoms with Gasteiger partial charge in [0.05, 0.1) is 0 Å². The quantitative estimate of drug-likeness (QED) is 0.780. The second-order valence-corrected chi connectivity index (χ2v) is 5.94. The normalized spacial score (nSPS) is 23.6. The molecule has 0 unspecified atom stereocenters. The summed E-state index contributed by atoms with van der Waals surface area (Å²) >= 11 is 0. The Morgan fingerprint density at radius 1 is 1.12 bits per heavy atom. The van der Waals surface area contributed by atoms with Gasteiger partial charge in [-0.2, -0.15) is 13.2 Å². The summed E-state index contributed by atoms with van der Waals surface area (Å²) in [7, 11) is 0. The molecule has 0 bridgehead atoms. The van der Waals surface area contributed by atoms with Crippen LogP contribution in [0, 0.1) is 5.41 Å². The van der Waals surface area contributed by atoms with Gasteiger partial charge in [0.25, 0.3) is 0 Å². The number of halogens is 3. The van der Waals surface area contributed by atoms with Crippen molar-refractivity contribution in [3.63, 3.8) is 0 Å². The smallest absolute Gasteiger partial charge is 0.372 e. The minimum Gasteiger partial charge on any atom is -0.372 e. The lowest BCUT2D eigenvalue weighted by Crippen LogP contribution is -2.46. The molecule has 0 saturated heterocycles. The highest BCUT2D eigenvalue weighted by molar-refractivity contribution is 4.92. The van der Waals surface area contributed by atoms with Crippen molar-refractivity contribution >= 4 is 0 Å². The average Bonchev–Trinajstić information content (AvgIpc) is 2.17. The molecule has 5 heteroatoms. The maximum absolute atomic E-state index is 11.9. The average molecular weight is 253 g/mol. The molecular formula is C12H22F3NO. The van der Waals surface area contributed by atoms with Crippen molar-refractivity contribution in [1.82, 2.24) is 0 Å². The molecule has 2 N–H and O–H groups in total. The molecule has 0 aliphatic heterocycles. The van der Waals surface area contributed by atoms with Crippen LogP contribution in [0.2, 0.25) is 0 Å². The van der Waals surface area contributed by atoms with Gasteiger partial charge >= 0.3 is 6.18 Å². The molecule has 0 atom stereocenters. The Bertz CT molecular complexity index is 241. The van der Waals surface area contributed by atoms with Crippen molar-refractivity contribution in [3.05, 3.63) is 0 Å². The van der Waals surface area contributed by atoms with E-state index in [0.29, 0.717) is 11.8 Å². The summed E-state index contributed by atoms with van der Waals surface area (Å²) in [6.07, 6.45) is 0.0752. The van der Waals surface area contributed by atoms with Gasteiger partial charge in [0, 0.05) is 12.1 Å². The van der Waals surface area contributed by atoms with Crippen LogP contribution >= 0.6 is 0 Å². The third kappa shape index (κ3) is 5.73. The van der Waals surface area contributed by atoms with Crippen LogP contribution in [-0.4, -0.2) is 24.9 Å². The molecule has 102 valence electrons. The molecule has 2 nitrogen and oxygen atoms in total. The Kier molecular flexibility index (Phi) is 4.47. The third-order valence-corrected chi connectivity index (χ3v) is 3.61. The van der Waals surface area contributed by atoms with Crippen LogP contribution in [0.1, 0.15) is 46.0 Å². The summed E-state index contributed by atoms with van der Waals surface area (Å²) in [5, 5.41) is 0. The SMILES string of the molecule is CC1(C)CCC(N)(CCOCC(F)(F)F)CC1. The summed E-state index contributed by atoms with van der Waals surface area (Å²) in [5.74, 6) is 0. The lowest BCUT2D eigenvalue weighted by molar-refractivity contribution is -0.175. The van der Waals surface area contributed by atoms with E-state index < -0.39 is 12.8 Å². The van der Waals surface area contributed by atoms with Crippen LogP contribution in [-0.2, 0) is 4.74 Å². The van der Waals surface area contributed by atoms with Gasteiger partial charge in [-0.1, -0.05) is 13.8 Å². The molecule has 17 heavy (non-hydrogen) atoms. The molecule has 0 radical (unpaired) electrons. The minimum absolute atomic E-state index is 0.0937. The number of hydrogen-bond acceptors (Lipinski definition) is 2. The van der Waals surface area contributed by atoms with Gasteiger partial charge in [0.1, 0.15) is 6.61 Å². The van der Waals surface area contributed by atoms with Crippen LogP contribution in [0.25, 0.3) is 0 Å². The van der Waals surface area contributed by atoms with Crippen LogP contribution in [0.5, 0.6) is 0 Å². The monoisotopic (exact) mass is 253 g/mol. The molecule has 0 heterocycles. The summed E-state index contributed by atoms with van der Waals surface area (Å²) in [4.78, 5) is 0. The van der Waals surface area contributed by atoms with E-state index >= 15 is 0 Å². The number of hydrogen-bond donors (Lipinski definition) is 1. The molecule has 1 aliphatic rings. The van der Waals surface area contributed by atoms with Gasteiger partial charge in [-0.15, -0.1) is 0 Å². The van der Waals surface area contributed by atoms with Crippen LogP contribution in [0.4, 0.5) is 13.2 Å². The van der Waals surface area contributed by atoms with E-state index in [1.807, 2.05) is 0 Å². The van der Waals surface area contributed by atoms with Gasteiger partial charge in [-0.25, -0.2) is 0 Å². The van der Waals surface area contributed by atoms with Crippen molar-refractivity contribution in [2.45, 2.75) is 57.7 Å². The Morgan fingerprint density at radius 2 is 1.65 bits per heavy atom. The minimum atomic E-state index is -4.24. The number of alkyl halides is 3. The summed E-state index contributed by atoms with van der Waals surface area (Å²) in [6, 6.07) is 0. The number of rotatable bonds is 4. The van der Waals surface area contributed by atoms with E-state index in [9.17, 15) is 13.2 Å². The van der Waals surface area contributed by atoms with E-state index in [-0.39, 0.29) is 12.1 Å². The Labute approximate surface area is 101 Å². The summed E-state index contributed by atoms with van der Waals surface area (Å²) < 4.78 is 40.2. The van der Waals surface area contributed by atoms with Crippen molar-refractivity contribution in [1.29, 1.82) is 0 Å². The molecule has 0 amide bonds. The van der Waals surface area contributed by atoms with E-state index in [0.717, 1.165) is 25.7 Å². The van der Waals surface area contributed by atoms with Crippen molar-refractivity contribution < 1.29 is 17.9 Å². The molecule has 0 aromatic heterocycles. The Morgan fingerprint density at radius 3 is 2.12 bits per heavy atom. The van der Waals surface area contributed by atoms with E-state index in [1.165, 1.54) is 0 Å². The number of nitrogens with two attached hydrogens (primary N) is 1. The molecule has 0 spiro atoms. The first-order chi connectivity index (χ1) is 7.62. The maximum Gasteiger partial charge on any atom is 0.411 e. The largest absolute Gasteiger partial charge is 0.411 e. The highest BCUT2D eigenvalue weighted by Crippen LogP contribution is 2.40. The summed E-state index contributed by atoms with van der Waals surface area (Å²) in [5.41, 5.74) is 6.15. The van der Waals surface area contributed by atoms with Crippen LogP contribution in [0.3, 0.4) is 0 Å². The highest BCUT2D eigenvalue weighted by Gasteiger charge is 2.35. The van der Waals surface area contributed by atoms with Gasteiger partial charge in [-0.05, 0) is 37.5 Å². The van der Waals surface area contributed by atoms with Crippen LogP contribution < -0.4 is 5.73 Å². The molecule has 0 aromatic carbocycles. The number of ether oxygens (including phenoxy) is 1. The third-order valence-electron chi connectivity index (χ3n) is 3.61. The molecule has 1 rings (SSSR count). The fraction of sp³-hybridized carbons (Fsp3) is 1.00. The van der Waals surface area contributed by atoms with Gasteiger partial charge in [0.15, 0.2) is 0 Å². The zero-order chi connectivity index (χ0) is 13.2. The predicted molar refractivity (Wildman–Crippen MR) is 60.7 cm³/mol. The van der Waals surface area contributed by atoms with E-state index in [4.69, 9.17) is 5.73 Å². The molecule has 1 aliphatic carbocycles. The summed E-state index contributed by atoms with van der Waals surface area (Å²) in [6.45, 7) is 3.32. The topological polar surface area (TPSA) is 35.2 Å². The highest BCUT2D eigenvalue weighted by atomic mass is 19.4. The van der Waals surface area contributed by atoms with Gasteiger partial charge in [-0.3, -0.25) is 0 Å². The van der Waals surface area contributed by atoms with E-state index in [1.54, 1.807) is 0 Å². The Hall–Kier alpha value is -0.290. The van der Waals surface area contributed by atoms with Crippen molar-refractivity contribution in [3.8, 4) is 0 Å². The standard InChI is InChI=1S/C12H22F3NO/c1-10(2)3-5-11(16,6-4-10)7-8-17-9-12(13,14)15/h3-9,16H2,1-2H3. The zero-order valence-corrected chi connectivity index (χ0v) is 10.6. The van der Waals surface area contributed by atoms with Crippen molar-refractivity contribution in [2.24, 2.45) is 11.1 Å². The predicted octanol–water partition coefficient (Wildman–Crippen LogP) is 3.25. The zero-order valence-electron chi connectivity index (χ0n) is 10.6. The fourth-order valence-corrected chi connectivity index (χ4v) is 2.14. The van der Waals surface area contributed by atoms with Gasteiger partial charge < -0.3 is 10.5 Å². The van der Waals surface area contributed by atoms with E-state index in [2.05, 4.69) is 18.6 Å². The molecule has 0 aromatic rings. The second-order valence-electron chi connectivity index (χ2n) is 5.94. The van der Waals surface area contributed by atoms with Crippen LogP contribution in [0.15, 0.2) is 0 Å². The second kappa shape index (κ2) is 5.14. The first-order valence-corrected chi connectivity index (χ1v) is 6.05. The molecule has 1 fully saturated rings. The first-order valence-electron chi connectivity index (χ1n) is 6.05. The lowest BCUT2D eigenvalue weighted by Gasteiger charge is -2.41. The molecular weight excluding hydrogens is 231 g/mol. The van der Waals surface area contributed by atoms with Gasteiger partial charge in [0.2, 0.25) is 0 Å². The first kappa shape index (κ1) is 14.8. The Balaban J connectivity index is 2.23. The van der Waals surface area contributed by atoms with Crippen molar-refractivity contribution in [2.75, 3.05) is 13.2 Å². The fourth-order valence-electron chi connectivity index (χ4n) is 2.14. The maximum atomic E-state index is 11.9. The molecule has 1 saturated carbocycles. The lowest BCUT2D eigenvalue weighted by atomic mass is 9.69.